The number of anilines is 2. The van der Waals surface area contributed by atoms with Gasteiger partial charge in [-0.1, -0.05) is 11.6 Å². The van der Waals surface area contributed by atoms with Gasteiger partial charge in [0.25, 0.3) is 21.6 Å². The zero-order valence-corrected chi connectivity index (χ0v) is 17.6. The number of carbonyl (C=O) groups is 1. The molecule has 11 heteroatoms. The number of ether oxygens (including phenoxy) is 1. The minimum atomic E-state index is -3.81. The number of nitrogens with one attached hydrogen (secondary N) is 2. The molecule has 31 heavy (non-hydrogen) atoms. The molecule has 0 atom stereocenters. The summed E-state index contributed by atoms with van der Waals surface area (Å²) in [4.78, 5) is 22.8. The number of nitrogens with zero attached hydrogens (tertiary/aromatic N) is 1. The third kappa shape index (κ3) is 5.30. The maximum absolute atomic E-state index is 12.5. The van der Waals surface area contributed by atoms with Crippen LogP contribution in [-0.4, -0.2) is 26.4 Å². The van der Waals surface area contributed by atoms with Crippen LogP contribution in [0, 0.1) is 10.1 Å². The Morgan fingerprint density at radius 1 is 1.03 bits per heavy atom. The summed E-state index contributed by atoms with van der Waals surface area (Å²) in [6, 6.07) is 15.3. The number of amides is 1. The molecular weight excluding hydrogens is 446 g/mol. The van der Waals surface area contributed by atoms with Crippen LogP contribution in [0.1, 0.15) is 10.4 Å². The second kappa shape index (κ2) is 9.02. The number of carbonyl (C=O) groups excluding carboxylic acids is 1. The molecule has 0 fully saturated rings. The van der Waals surface area contributed by atoms with Gasteiger partial charge in [0.15, 0.2) is 0 Å². The quantitative estimate of drug-likeness (QED) is 0.398. The summed E-state index contributed by atoms with van der Waals surface area (Å²) in [5, 5.41) is 13.9. The first kappa shape index (κ1) is 22.1. The lowest BCUT2D eigenvalue weighted by molar-refractivity contribution is -0.384. The minimum absolute atomic E-state index is 0.0454. The normalized spacial score (nSPS) is 10.9. The van der Waals surface area contributed by atoms with Crippen molar-refractivity contribution in [1.82, 2.24) is 0 Å². The number of nitro groups is 1. The Morgan fingerprint density at radius 2 is 1.68 bits per heavy atom. The number of sulfonamides is 1. The molecule has 3 aromatic carbocycles. The van der Waals surface area contributed by atoms with E-state index in [4.69, 9.17) is 16.3 Å². The van der Waals surface area contributed by atoms with E-state index < -0.39 is 20.9 Å². The Bertz CT molecular complexity index is 1230. The summed E-state index contributed by atoms with van der Waals surface area (Å²) in [6.07, 6.45) is 0. The number of methoxy groups -OCH3 is 1. The van der Waals surface area contributed by atoms with Gasteiger partial charge >= 0.3 is 0 Å². The highest BCUT2D eigenvalue weighted by Gasteiger charge is 2.16. The molecule has 2 N–H and O–H groups in total. The van der Waals surface area contributed by atoms with Gasteiger partial charge in [-0.05, 0) is 54.6 Å². The van der Waals surface area contributed by atoms with E-state index in [1.165, 1.54) is 73.8 Å². The van der Waals surface area contributed by atoms with Gasteiger partial charge in [-0.2, -0.15) is 0 Å². The van der Waals surface area contributed by atoms with Crippen LogP contribution in [0.15, 0.2) is 71.6 Å². The molecule has 0 spiro atoms. The predicted octanol–water partition coefficient (Wildman–Crippen LogP) is 4.31. The zero-order valence-electron chi connectivity index (χ0n) is 16.0. The van der Waals surface area contributed by atoms with Crippen molar-refractivity contribution in [3.05, 3.63) is 87.4 Å². The van der Waals surface area contributed by atoms with Crippen LogP contribution >= 0.6 is 11.6 Å². The van der Waals surface area contributed by atoms with E-state index in [0.717, 1.165) is 0 Å². The number of hydrogen-bond acceptors (Lipinski definition) is 6. The van der Waals surface area contributed by atoms with Crippen LogP contribution in [-0.2, 0) is 10.0 Å². The Morgan fingerprint density at radius 3 is 2.26 bits per heavy atom. The zero-order chi connectivity index (χ0) is 22.6. The SMILES string of the molecule is COc1cc([N+](=O)[O-])ccc1NC(=O)c1ccc(NS(=O)(=O)c2ccc(Cl)cc2)cc1. The molecule has 0 heterocycles. The number of halogens is 1. The fourth-order valence-corrected chi connectivity index (χ4v) is 3.79. The Labute approximate surface area is 182 Å². The fraction of sp³-hybridized carbons (Fsp3) is 0.0500. The van der Waals surface area contributed by atoms with Crippen LogP contribution in [0.2, 0.25) is 5.02 Å². The van der Waals surface area contributed by atoms with Gasteiger partial charge in [-0.15, -0.1) is 0 Å². The minimum Gasteiger partial charge on any atom is -0.494 e. The van der Waals surface area contributed by atoms with Crippen LogP contribution in [0.25, 0.3) is 0 Å². The van der Waals surface area contributed by atoms with Gasteiger partial charge in [0, 0.05) is 22.3 Å². The molecule has 9 nitrogen and oxygen atoms in total. The first-order valence-electron chi connectivity index (χ1n) is 8.72. The van der Waals surface area contributed by atoms with Crippen molar-refractivity contribution in [1.29, 1.82) is 0 Å². The first-order chi connectivity index (χ1) is 14.7. The molecule has 0 aliphatic rings. The van der Waals surface area contributed by atoms with E-state index in [1.807, 2.05) is 0 Å². The second-order valence-electron chi connectivity index (χ2n) is 6.23. The molecule has 3 aromatic rings. The van der Waals surface area contributed by atoms with Crippen molar-refractivity contribution in [2.75, 3.05) is 17.1 Å². The Balaban J connectivity index is 1.73. The van der Waals surface area contributed by atoms with E-state index in [2.05, 4.69) is 10.0 Å². The van der Waals surface area contributed by atoms with Crippen molar-refractivity contribution < 1.29 is 22.9 Å². The van der Waals surface area contributed by atoms with Crippen molar-refractivity contribution in [3.8, 4) is 5.75 Å². The number of non-ortho nitro benzene ring substituents is 1. The molecule has 160 valence electrons. The van der Waals surface area contributed by atoms with Crippen LogP contribution in [0.5, 0.6) is 5.75 Å². The smallest absolute Gasteiger partial charge is 0.273 e. The van der Waals surface area contributed by atoms with Crippen molar-refractivity contribution in [2.24, 2.45) is 0 Å². The lowest BCUT2D eigenvalue weighted by Crippen LogP contribution is -2.14. The van der Waals surface area contributed by atoms with Gasteiger partial charge in [0.1, 0.15) is 5.75 Å². The van der Waals surface area contributed by atoms with Crippen molar-refractivity contribution in [3.63, 3.8) is 0 Å². The van der Waals surface area contributed by atoms with Crippen molar-refractivity contribution in [2.45, 2.75) is 4.90 Å². The molecule has 0 saturated carbocycles. The van der Waals surface area contributed by atoms with Gasteiger partial charge < -0.3 is 10.1 Å². The van der Waals surface area contributed by atoms with Crippen LogP contribution in [0.4, 0.5) is 17.1 Å². The fourth-order valence-electron chi connectivity index (χ4n) is 2.61. The Hall–Kier alpha value is -3.63. The molecule has 0 unspecified atom stereocenters. The molecular formula is C20H16ClN3O6S. The maximum atomic E-state index is 12.5. The largest absolute Gasteiger partial charge is 0.494 e. The molecule has 0 bridgehead atoms. The second-order valence-corrected chi connectivity index (χ2v) is 8.35. The van der Waals surface area contributed by atoms with E-state index in [-0.39, 0.29) is 33.3 Å². The third-order valence-electron chi connectivity index (χ3n) is 4.17. The van der Waals surface area contributed by atoms with E-state index in [0.29, 0.717) is 5.02 Å². The van der Waals surface area contributed by atoms with Gasteiger partial charge in [-0.3, -0.25) is 19.6 Å². The highest BCUT2D eigenvalue weighted by atomic mass is 35.5. The molecule has 3 rings (SSSR count). The first-order valence-corrected chi connectivity index (χ1v) is 10.6. The molecule has 0 radical (unpaired) electrons. The summed E-state index contributed by atoms with van der Waals surface area (Å²) in [5.74, 6) is -0.367. The highest BCUT2D eigenvalue weighted by molar-refractivity contribution is 7.92. The summed E-state index contributed by atoms with van der Waals surface area (Å²) < 4.78 is 32.4. The predicted molar refractivity (Wildman–Crippen MR) is 116 cm³/mol. The molecule has 0 aromatic heterocycles. The number of hydrogen-bond donors (Lipinski definition) is 2. The Kier molecular flexibility index (Phi) is 6.42. The average molecular weight is 462 g/mol. The average Bonchev–Trinajstić information content (AvgIpc) is 2.74. The maximum Gasteiger partial charge on any atom is 0.273 e. The molecule has 1 amide bonds. The molecule has 0 saturated heterocycles. The molecule has 0 aliphatic heterocycles. The summed E-state index contributed by atoms with van der Waals surface area (Å²) in [6.45, 7) is 0. The number of benzene rings is 3. The summed E-state index contributed by atoms with van der Waals surface area (Å²) in [7, 11) is -2.48. The van der Waals surface area contributed by atoms with Crippen LogP contribution < -0.4 is 14.8 Å². The van der Waals surface area contributed by atoms with Crippen molar-refractivity contribution >= 4 is 44.6 Å². The van der Waals surface area contributed by atoms with Gasteiger partial charge in [0.05, 0.1) is 28.7 Å². The standard InChI is InChI=1S/C20H16ClN3O6S/c1-30-19-12-16(24(26)27)8-11-18(19)22-20(25)13-2-6-15(7-3-13)23-31(28,29)17-9-4-14(21)5-10-17/h2-12,23H,1H3,(H,22,25). The van der Waals surface area contributed by atoms with E-state index >= 15 is 0 Å². The van der Waals surface area contributed by atoms with Crippen LogP contribution in [0.3, 0.4) is 0 Å². The van der Waals surface area contributed by atoms with E-state index in [1.54, 1.807) is 0 Å². The highest BCUT2D eigenvalue weighted by Crippen LogP contribution is 2.29. The lowest BCUT2D eigenvalue weighted by Gasteiger charge is -2.11. The van der Waals surface area contributed by atoms with Gasteiger partial charge in [-0.25, -0.2) is 8.42 Å². The summed E-state index contributed by atoms with van der Waals surface area (Å²) in [5.41, 5.74) is 0.590. The third-order valence-corrected chi connectivity index (χ3v) is 5.82. The van der Waals surface area contributed by atoms with Gasteiger partial charge in [0.2, 0.25) is 0 Å². The topological polar surface area (TPSA) is 128 Å². The van der Waals surface area contributed by atoms with E-state index in [9.17, 15) is 23.3 Å². The lowest BCUT2D eigenvalue weighted by atomic mass is 10.2. The monoisotopic (exact) mass is 461 g/mol. The number of nitro benzene ring substituents is 1. The summed E-state index contributed by atoms with van der Waals surface area (Å²) >= 11 is 5.78. The molecule has 0 aliphatic carbocycles. The number of rotatable bonds is 7.